The fourth-order valence-corrected chi connectivity index (χ4v) is 5.76. The van der Waals surface area contributed by atoms with Crippen molar-refractivity contribution in [3.8, 4) is 5.75 Å². The van der Waals surface area contributed by atoms with E-state index in [2.05, 4.69) is 6.92 Å². The van der Waals surface area contributed by atoms with Gasteiger partial charge in [0.15, 0.2) is 17.3 Å². The van der Waals surface area contributed by atoms with Gasteiger partial charge in [0.2, 0.25) is 0 Å². The third kappa shape index (κ3) is 6.05. The first-order valence-corrected chi connectivity index (χ1v) is 12.3. The molecule has 0 radical (unpaired) electrons. The second kappa shape index (κ2) is 11.0. The van der Waals surface area contributed by atoms with E-state index < -0.39 is 34.7 Å². The van der Waals surface area contributed by atoms with E-state index in [4.69, 9.17) is 4.74 Å². The number of carbonyl (C=O) groups excluding carboxylic acids is 1. The normalized spacial score (nSPS) is 26.7. The number of benzene rings is 1. The Morgan fingerprint density at radius 3 is 2.00 bits per heavy atom. The molecule has 0 N–H and O–H groups in total. The first kappa shape index (κ1) is 25.0. The highest BCUT2D eigenvalue weighted by Gasteiger charge is 2.40. The van der Waals surface area contributed by atoms with Crippen molar-refractivity contribution in [3.63, 3.8) is 0 Å². The number of hydrogen-bond donors (Lipinski definition) is 0. The Balaban J connectivity index is 1.54. The zero-order valence-electron chi connectivity index (χ0n) is 19.3. The number of alkyl halides is 3. The van der Waals surface area contributed by atoms with Crippen LogP contribution in [0.3, 0.4) is 0 Å². The van der Waals surface area contributed by atoms with Crippen molar-refractivity contribution in [3.05, 3.63) is 29.1 Å². The maximum atomic E-state index is 14.7. The number of Topliss-reactive ketones (excluding diaryl/α,β-unsaturated/α-hetero) is 1. The van der Waals surface area contributed by atoms with Crippen molar-refractivity contribution in [2.75, 3.05) is 6.61 Å². The molecule has 0 aromatic heterocycles. The highest BCUT2D eigenvalue weighted by atomic mass is 19.4. The first-order chi connectivity index (χ1) is 15.2. The number of rotatable bonds is 8. The lowest BCUT2D eigenvalue weighted by atomic mass is 9.69. The summed E-state index contributed by atoms with van der Waals surface area (Å²) in [5.74, 6) is 0.0486. The molecule has 180 valence electrons. The number of halogens is 4. The van der Waals surface area contributed by atoms with Gasteiger partial charge in [0, 0.05) is 12.0 Å². The Morgan fingerprint density at radius 1 is 0.938 bits per heavy atom. The number of carbonyl (C=O) groups is 1. The van der Waals surface area contributed by atoms with Crippen LogP contribution in [-0.2, 0) is 6.18 Å². The summed E-state index contributed by atoms with van der Waals surface area (Å²) in [6.07, 6.45) is 7.07. The van der Waals surface area contributed by atoms with E-state index in [-0.39, 0.29) is 18.9 Å². The molecule has 0 unspecified atom stereocenters. The monoisotopic (exact) mass is 456 g/mol. The maximum Gasteiger partial charge on any atom is 0.420 e. The van der Waals surface area contributed by atoms with Crippen molar-refractivity contribution in [1.29, 1.82) is 0 Å². The molecular weight excluding hydrogens is 420 g/mol. The quantitative estimate of drug-likeness (QED) is 0.291. The number of hydrogen-bond acceptors (Lipinski definition) is 2. The Bertz CT molecular complexity index is 758. The summed E-state index contributed by atoms with van der Waals surface area (Å²) >= 11 is 0. The molecule has 2 aliphatic carbocycles. The fraction of sp³-hybridized carbons (Fsp3) is 0.731. The molecule has 0 atom stereocenters. The molecule has 2 fully saturated rings. The van der Waals surface area contributed by atoms with Gasteiger partial charge >= 0.3 is 6.18 Å². The highest BCUT2D eigenvalue weighted by molar-refractivity contribution is 5.97. The van der Waals surface area contributed by atoms with Gasteiger partial charge in [-0.05, 0) is 74.3 Å². The smallest absolute Gasteiger partial charge is 0.420 e. The van der Waals surface area contributed by atoms with Gasteiger partial charge in [0.1, 0.15) is 5.56 Å². The molecule has 0 aliphatic heterocycles. The molecule has 1 aromatic rings. The molecule has 32 heavy (non-hydrogen) atoms. The molecule has 1 aromatic carbocycles. The van der Waals surface area contributed by atoms with Crippen LogP contribution in [-0.4, -0.2) is 12.4 Å². The Kier molecular flexibility index (Phi) is 8.62. The lowest BCUT2D eigenvalue weighted by molar-refractivity contribution is -0.140. The van der Waals surface area contributed by atoms with Gasteiger partial charge in [-0.25, -0.2) is 4.39 Å². The van der Waals surface area contributed by atoms with Gasteiger partial charge < -0.3 is 4.74 Å². The Labute approximate surface area is 189 Å². The van der Waals surface area contributed by atoms with Crippen LogP contribution < -0.4 is 4.74 Å². The van der Waals surface area contributed by atoms with Crippen LogP contribution in [0, 0.1) is 29.5 Å². The predicted octanol–water partition coefficient (Wildman–Crippen LogP) is 8.23. The minimum Gasteiger partial charge on any atom is -0.490 e. The first-order valence-electron chi connectivity index (χ1n) is 12.3. The molecule has 2 saturated carbocycles. The predicted molar refractivity (Wildman–Crippen MR) is 117 cm³/mol. The van der Waals surface area contributed by atoms with E-state index in [0.717, 1.165) is 55.6 Å². The van der Waals surface area contributed by atoms with E-state index in [9.17, 15) is 22.4 Å². The van der Waals surface area contributed by atoms with Crippen LogP contribution >= 0.6 is 0 Å². The van der Waals surface area contributed by atoms with Crippen molar-refractivity contribution < 1.29 is 27.1 Å². The van der Waals surface area contributed by atoms with Gasteiger partial charge in [0.05, 0.1) is 6.61 Å². The summed E-state index contributed by atoms with van der Waals surface area (Å²) in [4.78, 5) is 11.9. The number of ether oxygens (including phenoxy) is 1. The minimum absolute atomic E-state index is 0.119. The Morgan fingerprint density at radius 2 is 1.50 bits per heavy atom. The summed E-state index contributed by atoms with van der Waals surface area (Å²) in [5, 5.41) is 0. The summed E-state index contributed by atoms with van der Waals surface area (Å²) in [5.41, 5.74) is -2.14. The van der Waals surface area contributed by atoms with Crippen LogP contribution in [0.4, 0.5) is 17.6 Å². The summed E-state index contributed by atoms with van der Waals surface area (Å²) in [6.45, 7) is 3.92. The molecule has 0 saturated heterocycles. The number of ketones is 1. The summed E-state index contributed by atoms with van der Waals surface area (Å²) < 4.78 is 60.4. The molecular formula is C26H36F4O2. The molecule has 3 rings (SSSR count). The van der Waals surface area contributed by atoms with Gasteiger partial charge in [0.25, 0.3) is 0 Å². The molecule has 6 heteroatoms. The van der Waals surface area contributed by atoms with Crippen LogP contribution in [0.2, 0.25) is 0 Å². The third-order valence-corrected chi connectivity index (χ3v) is 7.63. The van der Waals surface area contributed by atoms with Crippen molar-refractivity contribution in [2.45, 2.75) is 90.7 Å². The molecule has 0 bridgehead atoms. The van der Waals surface area contributed by atoms with Crippen molar-refractivity contribution >= 4 is 5.78 Å². The SMILES string of the molecule is CCCC1CCC(C2CCC(COc3ccc(C(=O)CC)c(C(F)(F)F)c3F)CC2)CC1. The average molecular weight is 457 g/mol. The van der Waals surface area contributed by atoms with Gasteiger partial charge in [-0.2, -0.15) is 13.2 Å². The molecule has 0 heterocycles. The average Bonchev–Trinajstić information content (AvgIpc) is 2.78. The second-order valence-corrected chi connectivity index (χ2v) is 9.74. The van der Waals surface area contributed by atoms with E-state index in [1.165, 1.54) is 45.4 Å². The molecule has 0 spiro atoms. The van der Waals surface area contributed by atoms with E-state index in [1.807, 2.05) is 0 Å². The van der Waals surface area contributed by atoms with E-state index >= 15 is 0 Å². The Hall–Kier alpha value is -1.59. The second-order valence-electron chi connectivity index (χ2n) is 9.74. The van der Waals surface area contributed by atoms with E-state index in [1.54, 1.807) is 0 Å². The van der Waals surface area contributed by atoms with Gasteiger partial charge in [-0.1, -0.05) is 39.5 Å². The highest BCUT2D eigenvalue weighted by Crippen LogP contribution is 2.43. The van der Waals surface area contributed by atoms with Crippen LogP contribution in [0.15, 0.2) is 12.1 Å². The maximum absolute atomic E-state index is 14.7. The zero-order chi connectivity index (χ0) is 23.3. The van der Waals surface area contributed by atoms with E-state index in [0.29, 0.717) is 0 Å². The minimum atomic E-state index is -4.95. The van der Waals surface area contributed by atoms with Crippen LogP contribution in [0.25, 0.3) is 0 Å². The molecule has 2 aliphatic rings. The van der Waals surface area contributed by atoms with Crippen molar-refractivity contribution in [2.24, 2.45) is 23.7 Å². The topological polar surface area (TPSA) is 26.3 Å². The van der Waals surface area contributed by atoms with Gasteiger partial charge in [-0.15, -0.1) is 0 Å². The molecule has 2 nitrogen and oxygen atoms in total. The third-order valence-electron chi connectivity index (χ3n) is 7.63. The van der Waals surface area contributed by atoms with Gasteiger partial charge in [-0.3, -0.25) is 4.79 Å². The largest absolute Gasteiger partial charge is 0.490 e. The van der Waals surface area contributed by atoms with Crippen LogP contribution in [0.1, 0.15) is 100 Å². The summed E-state index contributed by atoms with van der Waals surface area (Å²) in [7, 11) is 0. The lowest BCUT2D eigenvalue weighted by Crippen LogP contribution is -2.27. The summed E-state index contributed by atoms with van der Waals surface area (Å²) in [6, 6.07) is 2.20. The lowest BCUT2D eigenvalue weighted by Gasteiger charge is -2.37. The van der Waals surface area contributed by atoms with Crippen LogP contribution in [0.5, 0.6) is 5.75 Å². The molecule has 0 amide bonds. The fourth-order valence-electron chi connectivity index (χ4n) is 5.76. The zero-order valence-corrected chi connectivity index (χ0v) is 19.3. The standard InChI is InChI=1S/C26H36F4O2/c1-3-5-17-6-10-19(11-7-17)20-12-8-18(9-13-20)16-32-23-15-14-21(22(31)4-2)24(25(23)27)26(28,29)30/h14-15,17-20H,3-13,16H2,1-2H3. The van der Waals surface area contributed by atoms with Crippen molar-refractivity contribution in [1.82, 2.24) is 0 Å².